The Labute approximate surface area is 246 Å². The Balaban J connectivity index is 1.25. The molecule has 0 bridgehead atoms. The molecule has 0 spiro atoms. The monoisotopic (exact) mass is 596 g/mol. The summed E-state index contributed by atoms with van der Waals surface area (Å²) in [6, 6.07) is 7.14. The number of ether oxygens (including phenoxy) is 1. The summed E-state index contributed by atoms with van der Waals surface area (Å²) in [6.45, 7) is 3.79. The highest BCUT2D eigenvalue weighted by atomic mass is 32.2. The molecule has 10 nitrogen and oxygen atoms in total. The maximum Gasteiger partial charge on any atom is 0.294 e. The summed E-state index contributed by atoms with van der Waals surface area (Å²) >= 11 is 0. The summed E-state index contributed by atoms with van der Waals surface area (Å²) < 4.78 is 33.4. The van der Waals surface area contributed by atoms with Gasteiger partial charge in [-0.1, -0.05) is 44.1 Å². The molecule has 2 aromatic rings. The molecule has 1 aromatic carbocycles. The number of aromatic amines is 1. The van der Waals surface area contributed by atoms with Crippen LogP contribution in [0.4, 0.5) is 0 Å². The molecule has 0 radical (unpaired) electrons. The first-order valence-corrected chi connectivity index (χ1v) is 16.7. The molecule has 2 saturated carbocycles. The first-order chi connectivity index (χ1) is 20.0. The highest BCUT2D eigenvalue weighted by molar-refractivity contribution is 7.91. The van der Waals surface area contributed by atoms with Crippen molar-refractivity contribution < 1.29 is 27.5 Å². The number of fused-ring (bicyclic) bond motifs is 3. The van der Waals surface area contributed by atoms with Gasteiger partial charge in [0.05, 0.1) is 33.8 Å². The van der Waals surface area contributed by atoms with Crippen LogP contribution in [0, 0.1) is 17.3 Å². The number of para-hydroxylation sites is 2. The number of carbonyl (C=O) groups is 3. The maximum absolute atomic E-state index is 14.0. The number of hydrogen-bond acceptors (Lipinski definition) is 7. The van der Waals surface area contributed by atoms with Crippen LogP contribution in [0.3, 0.4) is 0 Å². The Morgan fingerprint density at radius 2 is 1.95 bits per heavy atom. The Kier molecular flexibility index (Phi) is 7.43. The van der Waals surface area contributed by atoms with Gasteiger partial charge >= 0.3 is 0 Å². The van der Waals surface area contributed by atoms with Gasteiger partial charge in [0.1, 0.15) is 6.10 Å². The molecular weight excluding hydrogens is 556 g/mol. The van der Waals surface area contributed by atoms with Gasteiger partial charge in [-0.15, -0.1) is 0 Å². The third-order valence-electron chi connectivity index (χ3n) is 9.77. The zero-order valence-electron chi connectivity index (χ0n) is 24.3. The second kappa shape index (κ2) is 10.8. The minimum atomic E-state index is -3.85. The van der Waals surface area contributed by atoms with Gasteiger partial charge in [0.2, 0.25) is 21.8 Å². The first kappa shape index (κ1) is 28.9. The fourth-order valence-electron chi connectivity index (χ4n) is 6.48. The number of aromatic nitrogens is 2. The van der Waals surface area contributed by atoms with Crippen LogP contribution in [0.15, 0.2) is 36.4 Å². The number of nitrogens with zero attached hydrogens (tertiary/aromatic N) is 2. The fraction of sp³-hybridized carbons (Fsp3) is 0.613. The number of allylic oxidation sites excluding steroid dienone is 2. The normalized spacial score (nSPS) is 32.3. The highest BCUT2D eigenvalue weighted by Crippen LogP contribution is 2.57. The smallest absolute Gasteiger partial charge is 0.294 e. The van der Waals surface area contributed by atoms with Crippen molar-refractivity contribution in [1.29, 1.82) is 0 Å². The molecule has 6 rings (SSSR count). The van der Waals surface area contributed by atoms with E-state index in [1.54, 1.807) is 11.8 Å². The number of benzene rings is 1. The number of ketones is 1. The van der Waals surface area contributed by atoms with Crippen molar-refractivity contribution >= 4 is 38.7 Å². The summed E-state index contributed by atoms with van der Waals surface area (Å²) in [6.07, 6.45) is 9.60. The van der Waals surface area contributed by atoms with E-state index >= 15 is 0 Å². The average Bonchev–Trinajstić information content (AvgIpc) is 3.76. The number of hydrogen-bond donors (Lipinski definition) is 2. The third kappa shape index (κ3) is 5.47. The zero-order chi connectivity index (χ0) is 29.7. The molecule has 0 unspecified atom stereocenters. The molecule has 11 heteroatoms. The van der Waals surface area contributed by atoms with E-state index in [-0.39, 0.29) is 42.9 Å². The van der Waals surface area contributed by atoms with Gasteiger partial charge in [-0.25, -0.2) is 8.42 Å². The average molecular weight is 597 g/mol. The summed E-state index contributed by atoms with van der Waals surface area (Å²) in [5, 5.41) is 0. The molecule has 3 fully saturated rings. The lowest BCUT2D eigenvalue weighted by Gasteiger charge is -2.28. The number of sulfonamides is 1. The van der Waals surface area contributed by atoms with Crippen molar-refractivity contribution in [2.24, 2.45) is 17.3 Å². The van der Waals surface area contributed by atoms with Crippen LogP contribution in [-0.4, -0.2) is 64.3 Å². The van der Waals surface area contributed by atoms with E-state index in [2.05, 4.69) is 14.7 Å². The number of carbonyl (C=O) groups excluding carboxylic acids is 3. The molecule has 1 saturated heterocycles. The van der Waals surface area contributed by atoms with Gasteiger partial charge in [-0.05, 0) is 63.5 Å². The van der Waals surface area contributed by atoms with Crippen molar-refractivity contribution in [2.45, 2.75) is 94.9 Å². The van der Waals surface area contributed by atoms with Gasteiger partial charge in [-0.2, -0.15) is 4.98 Å². The molecule has 5 atom stereocenters. The molecule has 4 aliphatic rings. The largest absolute Gasteiger partial charge is 0.459 e. The van der Waals surface area contributed by atoms with Crippen molar-refractivity contribution in [1.82, 2.24) is 19.6 Å². The van der Waals surface area contributed by atoms with E-state index < -0.39 is 38.2 Å². The Morgan fingerprint density at radius 3 is 2.71 bits per heavy atom. The quantitative estimate of drug-likeness (QED) is 0.497. The lowest BCUT2D eigenvalue weighted by molar-refractivity contribution is -0.141. The molecule has 2 amide bonds. The molecule has 2 aliphatic heterocycles. The predicted octanol–water partition coefficient (Wildman–Crippen LogP) is 4.03. The van der Waals surface area contributed by atoms with E-state index in [1.165, 1.54) is 0 Å². The number of imidazole rings is 1. The van der Waals surface area contributed by atoms with Crippen molar-refractivity contribution in [3.8, 4) is 6.01 Å². The van der Waals surface area contributed by atoms with Crippen LogP contribution in [0.1, 0.15) is 78.1 Å². The standard InChI is InChI=1S/C31H40N4O6S/c1-20-10-6-4-3-5-7-11-21-17-31(21,28(38)34-42(39,40)30(2)14-15-30)18-26(36)25-16-22(19-35(25)27(20)37)41-29-32-23-12-8-9-13-24(23)33-29/h7-9,11-13,20-22,25H,3-6,10,14-19H2,1-2H3,(H,32,33)(H,34,38)/b11-7-/t20-,21-,22+,25-,31+/m0/s1. The number of H-pyrrole nitrogens is 1. The van der Waals surface area contributed by atoms with Gasteiger partial charge in [-0.3, -0.25) is 19.1 Å². The second-order valence-corrected chi connectivity index (χ2v) is 15.2. The Morgan fingerprint density at radius 1 is 1.17 bits per heavy atom. The van der Waals surface area contributed by atoms with E-state index in [0.717, 1.165) is 43.1 Å². The summed E-state index contributed by atoms with van der Waals surface area (Å²) in [7, 11) is -3.85. The number of rotatable bonds is 5. The Hall–Kier alpha value is -3.21. The summed E-state index contributed by atoms with van der Waals surface area (Å²) in [4.78, 5) is 50.6. The van der Waals surface area contributed by atoms with Crippen LogP contribution >= 0.6 is 0 Å². The predicted molar refractivity (Wildman–Crippen MR) is 157 cm³/mol. The maximum atomic E-state index is 14.0. The van der Waals surface area contributed by atoms with Gasteiger partial charge in [0, 0.05) is 18.8 Å². The third-order valence-corrected chi connectivity index (χ3v) is 11.9. The van der Waals surface area contributed by atoms with Crippen LogP contribution < -0.4 is 9.46 Å². The number of nitrogens with one attached hydrogen (secondary N) is 2. The van der Waals surface area contributed by atoms with Crippen molar-refractivity contribution in [3.63, 3.8) is 0 Å². The van der Waals surface area contributed by atoms with Crippen molar-refractivity contribution in [2.75, 3.05) is 6.54 Å². The highest BCUT2D eigenvalue weighted by Gasteiger charge is 2.62. The fourth-order valence-corrected chi connectivity index (χ4v) is 7.82. The van der Waals surface area contributed by atoms with E-state index in [1.807, 2.05) is 43.3 Å². The number of amides is 2. The van der Waals surface area contributed by atoms with E-state index in [4.69, 9.17) is 4.74 Å². The zero-order valence-corrected chi connectivity index (χ0v) is 25.1. The first-order valence-electron chi connectivity index (χ1n) is 15.2. The molecule has 226 valence electrons. The van der Waals surface area contributed by atoms with Crippen LogP contribution in [0.5, 0.6) is 6.01 Å². The minimum absolute atomic E-state index is 0.0906. The minimum Gasteiger partial charge on any atom is -0.459 e. The lowest BCUT2D eigenvalue weighted by Crippen LogP contribution is -2.46. The summed E-state index contributed by atoms with van der Waals surface area (Å²) in [5.74, 6) is -1.40. The van der Waals surface area contributed by atoms with Gasteiger partial charge in [0.15, 0.2) is 5.78 Å². The molecule has 2 aliphatic carbocycles. The van der Waals surface area contributed by atoms with Gasteiger partial charge < -0.3 is 14.6 Å². The SMILES string of the molecule is C[C@H]1CCCCC/C=C\[C@H]2C[C@@]2(C(=O)NS(=O)(=O)C2(C)CC2)CC(=O)[C@@H]2C[C@@H](Oc3nc4ccccc4[nH]3)CN2C1=O. The van der Waals surface area contributed by atoms with Crippen LogP contribution in [-0.2, 0) is 24.4 Å². The molecule has 2 N–H and O–H groups in total. The van der Waals surface area contributed by atoms with E-state index in [9.17, 15) is 22.8 Å². The second-order valence-electron chi connectivity index (χ2n) is 13.0. The van der Waals surface area contributed by atoms with Gasteiger partial charge in [0.25, 0.3) is 6.01 Å². The molecular formula is C31H40N4O6S. The molecule has 1 aromatic heterocycles. The van der Waals surface area contributed by atoms with Crippen LogP contribution in [0.2, 0.25) is 0 Å². The topological polar surface area (TPSA) is 139 Å². The lowest BCUT2D eigenvalue weighted by atomic mass is 9.91. The van der Waals surface area contributed by atoms with Crippen LogP contribution in [0.25, 0.3) is 11.0 Å². The number of Topliss-reactive ketones (excluding diaryl/α,β-unsaturated/α-hetero) is 1. The van der Waals surface area contributed by atoms with E-state index in [0.29, 0.717) is 25.3 Å². The molecule has 3 heterocycles. The summed E-state index contributed by atoms with van der Waals surface area (Å²) in [5.41, 5.74) is 0.457. The van der Waals surface area contributed by atoms with Crippen molar-refractivity contribution in [3.05, 3.63) is 36.4 Å². The molecule has 42 heavy (non-hydrogen) atoms. The Bertz CT molecular complexity index is 1500.